The maximum atomic E-state index is 11.7. The third-order valence-corrected chi connectivity index (χ3v) is 2.71. The second kappa shape index (κ2) is 4.64. The highest BCUT2D eigenvalue weighted by molar-refractivity contribution is 5.83. The Morgan fingerprint density at radius 3 is 2.78 bits per heavy atom. The Hall–Kier alpha value is -2.11. The standard InChI is InChI=1S/C12H17N5O/c1-8-6-5-7-10-14-12(15-17(8)10)13-9(2)11(18)16(3)4/h5-7,9H,1-4H3,(H,13,15). The summed E-state index contributed by atoms with van der Waals surface area (Å²) in [5.74, 6) is 0.456. The molecule has 1 N–H and O–H groups in total. The van der Waals surface area contributed by atoms with Crippen molar-refractivity contribution < 1.29 is 4.79 Å². The second-order valence-electron chi connectivity index (χ2n) is 4.47. The van der Waals surface area contributed by atoms with Crippen LogP contribution in [0.1, 0.15) is 12.6 Å². The van der Waals surface area contributed by atoms with Gasteiger partial charge >= 0.3 is 0 Å². The average molecular weight is 247 g/mol. The van der Waals surface area contributed by atoms with E-state index >= 15 is 0 Å². The summed E-state index contributed by atoms with van der Waals surface area (Å²) in [5.41, 5.74) is 1.77. The SMILES string of the molecule is Cc1cccc2nc(NC(C)C(=O)N(C)C)nn12. The number of hydrogen-bond acceptors (Lipinski definition) is 4. The quantitative estimate of drug-likeness (QED) is 0.876. The zero-order chi connectivity index (χ0) is 13.3. The number of aromatic nitrogens is 3. The van der Waals surface area contributed by atoms with Crippen LogP contribution in [0.3, 0.4) is 0 Å². The van der Waals surface area contributed by atoms with Crippen LogP contribution in [0.15, 0.2) is 18.2 Å². The zero-order valence-electron chi connectivity index (χ0n) is 11.0. The minimum atomic E-state index is -0.349. The van der Waals surface area contributed by atoms with Crippen LogP contribution in [0, 0.1) is 6.92 Å². The van der Waals surface area contributed by atoms with Crippen molar-refractivity contribution in [3.05, 3.63) is 23.9 Å². The number of fused-ring (bicyclic) bond motifs is 1. The first-order valence-electron chi connectivity index (χ1n) is 5.79. The van der Waals surface area contributed by atoms with Crippen LogP contribution in [0.4, 0.5) is 5.95 Å². The number of carbonyl (C=O) groups excluding carboxylic acids is 1. The van der Waals surface area contributed by atoms with Crippen molar-refractivity contribution in [3.63, 3.8) is 0 Å². The van der Waals surface area contributed by atoms with E-state index in [-0.39, 0.29) is 11.9 Å². The van der Waals surface area contributed by atoms with Crippen LogP contribution in [-0.2, 0) is 4.79 Å². The molecule has 1 atom stereocenters. The highest BCUT2D eigenvalue weighted by atomic mass is 16.2. The minimum Gasteiger partial charge on any atom is -0.347 e. The minimum absolute atomic E-state index is 0.00872. The first kappa shape index (κ1) is 12.3. The molecule has 2 rings (SSSR count). The molecule has 0 saturated heterocycles. The molecular formula is C12H17N5O. The van der Waals surface area contributed by atoms with Crippen LogP contribution < -0.4 is 5.32 Å². The van der Waals surface area contributed by atoms with Crippen molar-refractivity contribution in [1.82, 2.24) is 19.5 Å². The topological polar surface area (TPSA) is 62.5 Å². The maximum absolute atomic E-state index is 11.7. The van der Waals surface area contributed by atoms with E-state index in [9.17, 15) is 4.79 Å². The fraction of sp³-hybridized carbons (Fsp3) is 0.417. The lowest BCUT2D eigenvalue weighted by Gasteiger charge is -2.16. The van der Waals surface area contributed by atoms with Crippen molar-refractivity contribution in [1.29, 1.82) is 0 Å². The molecule has 0 radical (unpaired) electrons. The molecule has 96 valence electrons. The number of rotatable bonds is 3. The van der Waals surface area contributed by atoms with Gasteiger partial charge < -0.3 is 10.2 Å². The van der Waals surface area contributed by atoms with Gasteiger partial charge in [0.2, 0.25) is 11.9 Å². The summed E-state index contributed by atoms with van der Waals surface area (Å²) in [6.45, 7) is 3.75. The molecule has 1 amide bonds. The third-order valence-electron chi connectivity index (χ3n) is 2.71. The van der Waals surface area contributed by atoms with Crippen molar-refractivity contribution >= 4 is 17.5 Å². The molecule has 0 spiro atoms. The Labute approximate surface area is 106 Å². The molecule has 0 saturated carbocycles. The summed E-state index contributed by atoms with van der Waals surface area (Å²) in [5, 5.41) is 7.32. The highest BCUT2D eigenvalue weighted by Gasteiger charge is 2.16. The summed E-state index contributed by atoms with van der Waals surface area (Å²) >= 11 is 0. The molecule has 0 fully saturated rings. The van der Waals surface area contributed by atoms with Gasteiger partial charge in [0.15, 0.2) is 5.65 Å². The predicted octanol–water partition coefficient (Wildman–Crippen LogP) is 0.926. The number of pyridine rings is 1. The largest absolute Gasteiger partial charge is 0.347 e. The van der Waals surface area contributed by atoms with Gasteiger partial charge in [-0.15, -0.1) is 5.10 Å². The van der Waals surface area contributed by atoms with Crippen LogP contribution in [-0.4, -0.2) is 45.5 Å². The van der Waals surface area contributed by atoms with Gasteiger partial charge in [0.1, 0.15) is 6.04 Å². The van der Waals surface area contributed by atoms with E-state index in [1.54, 1.807) is 30.4 Å². The van der Waals surface area contributed by atoms with Crippen LogP contribution >= 0.6 is 0 Å². The van der Waals surface area contributed by atoms with E-state index in [1.807, 2.05) is 25.1 Å². The van der Waals surface area contributed by atoms with Crippen LogP contribution in [0.5, 0.6) is 0 Å². The van der Waals surface area contributed by atoms with Crippen molar-refractivity contribution in [2.75, 3.05) is 19.4 Å². The number of anilines is 1. The molecule has 2 aromatic rings. The molecule has 0 aromatic carbocycles. The van der Waals surface area contributed by atoms with E-state index < -0.39 is 0 Å². The summed E-state index contributed by atoms with van der Waals surface area (Å²) in [7, 11) is 3.45. The number of aryl methyl sites for hydroxylation is 1. The monoisotopic (exact) mass is 247 g/mol. The lowest BCUT2D eigenvalue weighted by molar-refractivity contribution is -0.129. The predicted molar refractivity (Wildman–Crippen MR) is 69.5 cm³/mol. The molecular weight excluding hydrogens is 230 g/mol. The molecule has 18 heavy (non-hydrogen) atoms. The Kier molecular flexibility index (Phi) is 3.18. The summed E-state index contributed by atoms with van der Waals surface area (Å²) in [4.78, 5) is 17.6. The molecule has 1 unspecified atom stereocenters. The number of hydrogen-bond donors (Lipinski definition) is 1. The third kappa shape index (κ3) is 2.27. The molecule has 0 bridgehead atoms. The van der Waals surface area contributed by atoms with Crippen molar-refractivity contribution in [2.24, 2.45) is 0 Å². The fourth-order valence-corrected chi connectivity index (χ4v) is 1.74. The first-order valence-corrected chi connectivity index (χ1v) is 5.79. The lowest BCUT2D eigenvalue weighted by atomic mass is 10.3. The Morgan fingerprint density at radius 2 is 2.17 bits per heavy atom. The van der Waals surface area contributed by atoms with Gasteiger partial charge in [0, 0.05) is 19.8 Å². The Balaban J connectivity index is 2.22. The summed E-state index contributed by atoms with van der Waals surface area (Å²) < 4.78 is 1.75. The van der Waals surface area contributed by atoms with Gasteiger partial charge in [0.05, 0.1) is 0 Å². The number of carbonyl (C=O) groups is 1. The molecule has 0 aliphatic rings. The molecule has 6 heteroatoms. The van der Waals surface area contributed by atoms with E-state index in [2.05, 4.69) is 15.4 Å². The van der Waals surface area contributed by atoms with Gasteiger partial charge in [0.25, 0.3) is 0 Å². The van der Waals surface area contributed by atoms with E-state index in [0.717, 1.165) is 11.3 Å². The molecule has 0 aliphatic carbocycles. The first-order chi connectivity index (χ1) is 8.49. The molecule has 6 nitrogen and oxygen atoms in total. The molecule has 0 aliphatic heterocycles. The van der Waals surface area contributed by atoms with Gasteiger partial charge in [-0.1, -0.05) is 6.07 Å². The number of likely N-dealkylation sites (N-methyl/N-ethyl adjacent to an activating group) is 1. The second-order valence-corrected chi connectivity index (χ2v) is 4.47. The highest BCUT2D eigenvalue weighted by Crippen LogP contribution is 2.09. The molecule has 2 heterocycles. The molecule has 2 aromatic heterocycles. The van der Waals surface area contributed by atoms with Gasteiger partial charge in [-0.2, -0.15) is 4.98 Å². The number of amides is 1. The van der Waals surface area contributed by atoms with Gasteiger partial charge in [-0.05, 0) is 26.0 Å². The van der Waals surface area contributed by atoms with E-state index in [0.29, 0.717) is 5.95 Å². The van der Waals surface area contributed by atoms with Gasteiger partial charge in [-0.3, -0.25) is 4.79 Å². The van der Waals surface area contributed by atoms with Gasteiger partial charge in [-0.25, -0.2) is 4.52 Å². The van der Waals surface area contributed by atoms with Crippen LogP contribution in [0.2, 0.25) is 0 Å². The average Bonchev–Trinajstić information content (AvgIpc) is 2.71. The normalized spacial score (nSPS) is 12.4. The summed E-state index contributed by atoms with van der Waals surface area (Å²) in [6.07, 6.45) is 0. The van der Waals surface area contributed by atoms with Crippen LogP contribution in [0.25, 0.3) is 5.65 Å². The number of nitrogens with one attached hydrogen (secondary N) is 1. The zero-order valence-corrected chi connectivity index (χ0v) is 11.0. The smallest absolute Gasteiger partial charge is 0.244 e. The number of nitrogens with zero attached hydrogens (tertiary/aromatic N) is 4. The maximum Gasteiger partial charge on any atom is 0.244 e. The lowest BCUT2D eigenvalue weighted by Crippen LogP contribution is -2.36. The summed E-state index contributed by atoms with van der Waals surface area (Å²) in [6, 6.07) is 5.42. The fourth-order valence-electron chi connectivity index (χ4n) is 1.74. The van der Waals surface area contributed by atoms with E-state index in [1.165, 1.54) is 0 Å². The Morgan fingerprint density at radius 1 is 1.44 bits per heavy atom. The van der Waals surface area contributed by atoms with Crippen molar-refractivity contribution in [3.8, 4) is 0 Å². The Bertz CT molecular complexity index is 575. The van der Waals surface area contributed by atoms with E-state index in [4.69, 9.17) is 0 Å². The van der Waals surface area contributed by atoms with Crippen molar-refractivity contribution in [2.45, 2.75) is 19.9 Å².